The van der Waals surface area contributed by atoms with Gasteiger partial charge in [-0.15, -0.1) is 11.3 Å². The van der Waals surface area contributed by atoms with Crippen LogP contribution in [0.2, 0.25) is 0 Å². The number of hydrogen-bond donors (Lipinski definition) is 1. The van der Waals surface area contributed by atoms with Crippen molar-refractivity contribution in [2.45, 2.75) is 45.2 Å². The summed E-state index contributed by atoms with van der Waals surface area (Å²) in [5.74, 6) is -0.218. The fourth-order valence-corrected chi connectivity index (χ4v) is 4.44. The van der Waals surface area contributed by atoms with Gasteiger partial charge in [0.25, 0.3) is 5.56 Å². The summed E-state index contributed by atoms with van der Waals surface area (Å²) in [4.78, 5) is 35.2. The smallest absolute Gasteiger partial charge is 0.261 e. The second-order valence-electron chi connectivity index (χ2n) is 6.61. The Kier molecular flexibility index (Phi) is 4.55. The molecule has 0 aliphatic heterocycles. The van der Waals surface area contributed by atoms with Gasteiger partial charge >= 0.3 is 0 Å². The second-order valence-corrected chi connectivity index (χ2v) is 7.73. The number of para-hydroxylation sites is 1. The lowest BCUT2D eigenvalue weighted by atomic mass is 10.0. The first-order chi connectivity index (χ1) is 12.6. The SMILES string of the molecule is C[C@@H](NC(=O)Cn1cnc2ccccc2c1=O)c1nc2c(s1)CCCC2. The molecule has 2 aromatic heterocycles. The molecule has 26 heavy (non-hydrogen) atoms. The van der Waals surface area contributed by atoms with Crippen LogP contribution in [-0.4, -0.2) is 20.4 Å². The van der Waals surface area contributed by atoms with Crippen LogP contribution in [0.25, 0.3) is 10.9 Å². The highest BCUT2D eigenvalue weighted by molar-refractivity contribution is 7.11. The molecule has 3 aromatic rings. The van der Waals surface area contributed by atoms with Gasteiger partial charge in [-0.3, -0.25) is 14.2 Å². The highest BCUT2D eigenvalue weighted by Gasteiger charge is 2.19. The number of nitrogens with zero attached hydrogens (tertiary/aromatic N) is 3. The first kappa shape index (κ1) is 16.9. The molecule has 1 aliphatic carbocycles. The zero-order chi connectivity index (χ0) is 18.1. The molecule has 6 nitrogen and oxygen atoms in total. The lowest BCUT2D eigenvalue weighted by Gasteiger charge is -2.12. The maximum atomic E-state index is 12.5. The van der Waals surface area contributed by atoms with Gasteiger partial charge in [-0.1, -0.05) is 12.1 Å². The number of amides is 1. The van der Waals surface area contributed by atoms with E-state index in [-0.39, 0.29) is 24.1 Å². The Balaban J connectivity index is 1.48. The molecule has 1 aliphatic rings. The first-order valence-electron chi connectivity index (χ1n) is 8.84. The maximum absolute atomic E-state index is 12.5. The van der Waals surface area contributed by atoms with Gasteiger partial charge in [-0.05, 0) is 44.7 Å². The fraction of sp³-hybridized carbons (Fsp3) is 0.368. The summed E-state index contributed by atoms with van der Waals surface area (Å²) in [7, 11) is 0. The highest BCUT2D eigenvalue weighted by Crippen LogP contribution is 2.29. The third kappa shape index (κ3) is 3.26. The van der Waals surface area contributed by atoms with Gasteiger partial charge in [0.2, 0.25) is 5.91 Å². The molecule has 1 aromatic carbocycles. The summed E-state index contributed by atoms with van der Waals surface area (Å²) in [5, 5.41) is 4.41. The van der Waals surface area contributed by atoms with E-state index in [9.17, 15) is 9.59 Å². The van der Waals surface area contributed by atoms with Crippen LogP contribution in [0.4, 0.5) is 0 Å². The minimum absolute atomic E-state index is 0.0495. The molecule has 2 heterocycles. The summed E-state index contributed by atoms with van der Waals surface area (Å²) in [6, 6.07) is 6.97. The summed E-state index contributed by atoms with van der Waals surface area (Å²) in [6.07, 6.45) is 5.95. The molecule has 1 atom stereocenters. The van der Waals surface area contributed by atoms with Crippen LogP contribution in [0.5, 0.6) is 0 Å². The predicted octanol–water partition coefficient (Wildman–Crippen LogP) is 2.61. The Hall–Kier alpha value is -2.54. The van der Waals surface area contributed by atoms with Gasteiger partial charge in [-0.2, -0.15) is 0 Å². The molecule has 0 bridgehead atoms. The number of carbonyl (C=O) groups excluding carboxylic acids is 1. The van der Waals surface area contributed by atoms with E-state index in [4.69, 9.17) is 4.98 Å². The Morgan fingerprint density at radius 3 is 2.96 bits per heavy atom. The van der Waals surface area contributed by atoms with Crippen molar-refractivity contribution >= 4 is 28.1 Å². The minimum atomic E-state index is -0.218. The number of thiazole rings is 1. The molecule has 0 unspecified atom stereocenters. The minimum Gasteiger partial charge on any atom is -0.346 e. The molecule has 4 rings (SSSR count). The van der Waals surface area contributed by atoms with Crippen LogP contribution in [0.15, 0.2) is 35.4 Å². The zero-order valence-electron chi connectivity index (χ0n) is 14.6. The Labute approximate surface area is 154 Å². The molecule has 0 fully saturated rings. The van der Waals surface area contributed by atoms with Crippen LogP contribution < -0.4 is 10.9 Å². The van der Waals surface area contributed by atoms with Crippen molar-refractivity contribution in [2.24, 2.45) is 0 Å². The second kappa shape index (κ2) is 6.99. The maximum Gasteiger partial charge on any atom is 0.261 e. The van der Waals surface area contributed by atoms with Gasteiger partial charge in [0.05, 0.1) is 29.0 Å². The highest BCUT2D eigenvalue weighted by atomic mass is 32.1. The van der Waals surface area contributed by atoms with E-state index in [2.05, 4.69) is 10.3 Å². The van der Waals surface area contributed by atoms with E-state index < -0.39 is 0 Å². The van der Waals surface area contributed by atoms with Crippen molar-refractivity contribution in [2.75, 3.05) is 0 Å². The van der Waals surface area contributed by atoms with E-state index in [1.165, 1.54) is 34.3 Å². The van der Waals surface area contributed by atoms with Crippen LogP contribution in [0, 0.1) is 0 Å². The quantitative estimate of drug-likeness (QED) is 0.768. The number of fused-ring (bicyclic) bond motifs is 2. The van der Waals surface area contributed by atoms with E-state index >= 15 is 0 Å². The average molecular weight is 368 g/mol. The molecule has 0 radical (unpaired) electrons. The largest absolute Gasteiger partial charge is 0.346 e. The van der Waals surface area contributed by atoms with E-state index in [1.54, 1.807) is 29.5 Å². The van der Waals surface area contributed by atoms with Crippen molar-refractivity contribution in [3.63, 3.8) is 0 Å². The Bertz CT molecular complexity index is 1000. The van der Waals surface area contributed by atoms with Crippen LogP contribution in [-0.2, 0) is 24.2 Å². The molecule has 0 saturated heterocycles. The van der Waals surface area contributed by atoms with Crippen LogP contribution in [0.3, 0.4) is 0 Å². The third-order valence-corrected chi connectivity index (χ3v) is 6.00. The van der Waals surface area contributed by atoms with Gasteiger partial charge in [-0.25, -0.2) is 9.97 Å². The number of benzene rings is 1. The number of hydrogen-bond acceptors (Lipinski definition) is 5. The first-order valence-corrected chi connectivity index (χ1v) is 9.65. The van der Waals surface area contributed by atoms with Gasteiger partial charge in [0.1, 0.15) is 11.6 Å². The number of carbonyl (C=O) groups is 1. The van der Waals surface area contributed by atoms with Crippen LogP contribution in [0.1, 0.15) is 41.4 Å². The lowest BCUT2D eigenvalue weighted by molar-refractivity contribution is -0.122. The summed E-state index contributed by atoms with van der Waals surface area (Å²) >= 11 is 1.69. The molecular weight excluding hydrogens is 348 g/mol. The van der Waals surface area contributed by atoms with E-state index in [0.717, 1.165) is 17.8 Å². The molecule has 1 N–H and O–H groups in total. The van der Waals surface area contributed by atoms with Crippen molar-refractivity contribution in [3.8, 4) is 0 Å². The van der Waals surface area contributed by atoms with E-state index in [0.29, 0.717) is 10.9 Å². The number of aryl methyl sites for hydroxylation is 2. The van der Waals surface area contributed by atoms with Crippen molar-refractivity contribution in [3.05, 3.63) is 56.5 Å². The summed E-state index contributed by atoms with van der Waals surface area (Å²) in [6.45, 7) is 1.88. The van der Waals surface area contributed by atoms with Gasteiger partial charge < -0.3 is 5.32 Å². The molecule has 0 spiro atoms. The van der Waals surface area contributed by atoms with Gasteiger partial charge in [0.15, 0.2) is 0 Å². The topological polar surface area (TPSA) is 76.9 Å². The van der Waals surface area contributed by atoms with Crippen molar-refractivity contribution < 1.29 is 4.79 Å². The van der Waals surface area contributed by atoms with Crippen LogP contribution >= 0.6 is 11.3 Å². The van der Waals surface area contributed by atoms with E-state index in [1.807, 2.05) is 13.0 Å². The standard InChI is InChI=1S/C19H20N4O2S/c1-12(18-22-15-8-4-5-9-16(15)26-18)21-17(24)10-23-11-20-14-7-3-2-6-13(14)19(23)25/h2-3,6-7,11-12H,4-5,8-10H2,1H3,(H,21,24)/t12-/m1/s1. The predicted molar refractivity (Wildman–Crippen MR) is 101 cm³/mol. The summed E-state index contributed by atoms with van der Waals surface area (Å²) < 4.78 is 1.34. The van der Waals surface area contributed by atoms with Crippen molar-refractivity contribution in [1.82, 2.24) is 19.9 Å². The van der Waals surface area contributed by atoms with Crippen molar-refractivity contribution in [1.29, 1.82) is 0 Å². The fourth-order valence-electron chi connectivity index (χ4n) is 3.28. The Morgan fingerprint density at radius 2 is 2.12 bits per heavy atom. The normalized spacial score (nSPS) is 14.8. The number of aromatic nitrogens is 3. The number of rotatable bonds is 4. The molecule has 7 heteroatoms. The average Bonchev–Trinajstić information content (AvgIpc) is 3.09. The molecular formula is C19H20N4O2S. The Morgan fingerprint density at radius 1 is 1.31 bits per heavy atom. The zero-order valence-corrected chi connectivity index (χ0v) is 15.4. The third-order valence-electron chi connectivity index (χ3n) is 4.66. The molecule has 134 valence electrons. The molecule has 1 amide bonds. The molecule has 0 saturated carbocycles. The monoisotopic (exact) mass is 368 g/mol. The van der Waals surface area contributed by atoms with Gasteiger partial charge in [0, 0.05) is 4.88 Å². The number of nitrogens with one attached hydrogen (secondary N) is 1. The summed E-state index contributed by atoms with van der Waals surface area (Å²) in [5.41, 5.74) is 1.62. The lowest BCUT2D eigenvalue weighted by Crippen LogP contribution is -2.34.